The van der Waals surface area contributed by atoms with Gasteiger partial charge in [0.25, 0.3) is 0 Å². The van der Waals surface area contributed by atoms with E-state index < -0.39 is 0 Å². The smallest absolute Gasteiger partial charge is 0.192 e. The van der Waals surface area contributed by atoms with Crippen molar-refractivity contribution in [1.29, 1.82) is 0 Å². The van der Waals surface area contributed by atoms with Gasteiger partial charge in [-0.2, -0.15) is 0 Å². The molecule has 1 aromatic heterocycles. The minimum absolute atomic E-state index is 0.233. The Balaban J connectivity index is 2.29. The minimum atomic E-state index is 0.233. The number of aryl methyl sites for hydroxylation is 1. The molecule has 1 heterocycles. The third-order valence-corrected chi connectivity index (χ3v) is 2.10. The summed E-state index contributed by atoms with van der Waals surface area (Å²) in [6.45, 7) is 0. The predicted octanol–water partition coefficient (Wildman–Crippen LogP) is 2.37. The van der Waals surface area contributed by atoms with E-state index in [2.05, 4.69) is 4.98 Å². The summed E-state index contributed by atoms with van der Waals surface area (Å²) in [6.07, 6.45) is 6.14. The molecule has 0 aromatic carbocycles. The van der Waals surface area contributed by atoms with Crippen molar-refractivity contribution in [2.75, 3.05) is 0 Å². The van der Waals surface area contributed by atoms with Gasteiger partial charge in [0, 0.05) is 18.8 Å². The summed E-state index contributed by atoms with van der Waals surface area (Å²) in [5.41, 5.74) is 1.20. The van der Waals surface area contributed by atoms with E-state index in [1.165, 1.54) is 5.56 Å². The monoisotopic (exact) mass is 275 g/mol. The number of rotatable bonds is 4. The number of aromatic nitrogens is 1. The quantitative estimate of drug-likeness (QED) is 0.623. The van der Waals surface area contributed by atoms with Gasteiger partial charge < -0.3 is 0 Å². The second kappa shape index (κ2) is 5.24. The van der Waals surface area contributed by atoms with Crippen molar-refractivity contribution in [3.05, 3.63) is 30.1 Å². The van der Waals surface area contributed by atoms with E-state index in [9.17, 15) is 4.79 Å². The first-order valence-corrected chi connectivity index (χ1v) is 4.94. The van der Waals surface area contributed by atoms with Crippen LogP contribution in [-0.2, 0) is 11.2 Å². The van der Waals surface area contributed by atoms with Gasteiger partial charge in [-0.3, -0.25) is 9.78 Å². The van der Waals surface area contributed by atoms with Crippen molar-refractivity contribution in [3.63, 3.8) is 0 Å². The fourth-order valence-electron chi connectivity index (χ4n) is 0.978. The van der Waals surface area contributed by atoms with Gasteiger partial charge in [-0.1, -0.05) is 6.07 Å². The van der Waals surface area contributed by atoms with E-state index >= 15 is 0 Å². The number of pyridine rings is 1. The first kappa shape index (κ1) is 9.64. The lowest BCUT2D eigenvalue weighted by atomic mass is 10.1. The van der Waals surface area contributed by atoms with Gasteiger partial charge in [0.05, 0.1) is 0 Å². The Morgan fingerprint density at radius 3 is 3.00 bits per heavy atom. The lowest BCUT2D eigenvalue weighted by Gasteiger charge is -1.96. The summed E-state index contributed by atoms with van der Waals surface area (Å²) in [7, 11) is 0. The molecule has 1 rings (SSSR count). The third-order valence-electron chi connectivity index (χ3n) is 1.56. The molecule has 0 radical (unpaired) electrons. The maximum Gasteiger partial charge on any atom is 0.192 e. The Hall–Kier alpha value is -0.450. The summed E-state index contributed by atoms with van der Waals surface area (Å²) >= 11 is 1.83. The molecule has 2 nitrogen and oxygen atoms in total. The van der Waals surface area contributed by atoms with Gasteiger partial charge >= 0.3 is 0 Å². The first-order chi connectivity index (χ1) is 5.79. The highest BCUT2D eigenvalue weighted by atomic mass is 127. The summed E-state index contributed by atoms with van der Waals surface area (Å²) in [4.78, 5) is 14.6. The Bertz CT molecular complexity index is 248. The van der Waals surface area contributed by atoms with Crippen LogP contribution in [-0.4, -0.2) is 8.77 Å². The van der Waals surface area contributed by atoms with E-state index in [1.807, 2.05) is 40.9 Å². The fraction of sp³-hybridized carbons (Fsp3) is 0.333. The summed E-state index contributed by atoms with van der Waals surface area (Å²) < 4.78 is 0.233. The zero-order valence-corrected chi connectivity index (χ0v) is 8.82. The second-order valence-corrected chi connectivity index (χ2v) is 3.77. The second-order valence-electron chi connectivity index (χ2n) is 2.57. The van der Waals surface area contributed by atoms with Gasteiger partial charge in [-0.25, -0.2) is 0 Å². The fourth-order valence-corrected chi connectivity index (χ4v) is 1.36. The van der Waals surface area contributed by atoms with Crippen LogP contribution in [0.15, 0.2) is 24.5 Å². The zero-order valence-electron chi connectivity index (χ0n) is 6.66. The standard InChI is InChI=1S/C9H10INO/c10-9(12)5-1-3-8-4-2-6-11-7-8/h2,4,6-7H,1,3,5H2. The lowest BCUT2D eigenvalue weighted by molar-refractivity contribution is -0.109. The van der Waals surface area contributed by atoms with Crippen LogP contribution < -0.4 is 0 Å². The number of hydrogen-bond donors (Lipinski definition) is 0. The topological polar surface area (TPSA) is 30.0 Å². The van der Waals surface area contributed by atoms with E-state index in [1.54, 1.807) is 6.20 Å². The van der Waals surface area contributed by atoms with Crippen LogP contribution in [0.25, 0.3) is 0 Å². The summed E-state index contributed by atoms with van der Waals surface area (Å²) in [5.74, 6) is 0. The summed E-state index contributed by atoms with van der Waals surface area (Å²) in [6, 6.07) is 3.95. The average molecular weight is 275 g/mol. The molecule has 0 atom stereocenters. The van der Waals surface area contributed by atoms with Crippen molar-refractivity contribution in [2.45, 2.75) is 19.3 Å². The molecule has 0 saturated carbocycles. The van der Waals surface area contributed by atoms with Crippen molar-refractivity contribution in [1.82, 2.24) is 4.98 Å². The van der Waals surface area contributed by atoms with Crippen LogP contribution in [0.4, 0.5) is 0 Å². The first-order valence-electron chi connectivity index (χ1n) is 3.86. The van der Waals surface area contributed by atoms with Crippen molar-refractivity contribution < 1.29 is 4.79 Å². The molecule has 1 aromatic rings. The third kappa shape index (κ3) is 3.80. The Morgan fingerprint density at radius 1 is 1.58 bits per heavy atom. The molecular weight excluding hydrogens is 265 g/mol. The van der Waals surface area contributed by atoms with E-state index in [0.717, 1.165) is 12.8 Å². The molecule has 64 valence electrons. The molecule has 0 N–H and O–H groups in total. The molecule has 0 amide bonds. The van der Waals surface area contributed by atoms with E-state index in [-0.39, 0.29) is 3.79 Å². The van der Waals surface area contributed by atoms with Gasteiger partial charge in [0.2, 0.25) is 0 Å². The number of carbonyl (C=O) groups excluding carboxylic acids is 1. The van der Waals surface area contributed by atoms with Gasteiger partial charge in [0.15, 0.2) is 3.79 Å². The van der Waals surface area contributed by atoms with Crippen molar-refractivity contribution in [3.8, 4) is 0 Å². The Kier molecular flexibility index (Phi) is 4.21. The SMILES string of the molecule is O=C(I)CCCc1cccnc1. The van der Waals surface area contributed by atoms with Crippen molar-refractivity contribution >= 4 is 26.4 Å². The molecule has 0 aliphatic rings. The number of carbonyl (C=O) groups is 1. The predicted molar refractivity (Wildman–Crippen MR) is 56.2 cm³/mol. The largest absolute Gasteiger partial charge is 0.288 e. The summed E-state index contributed by atoms with van der Waals surface area (Å²) in [5, 5.41) is 0. The molecule has 0 unspecified atom stereocenters. The van der Waals surface area contributed by atoms with Crippen LogP contribution in [0.2, 0.25) is 0 Å². The molecule has 0 fully saturated rings. The minimum Gasteiger partial charge on any atom is -0.288 e. The lowest BCUT2D eigenvalue weighted by Crippen LogP contribution is -1.89. The van der Waals surface area contributed by atoms with Crippen LogP contribution in [0.3, 0.4) is 0 Å². The van der Waals surface area contributed by atoms with Gasteiger partial charge in [-0.05, 0) is 47.1 Å². The van der Waals surface area contributed by atoms with Crippen LogP contribution in [0, 0.1) is 0 Å². The Morgan fingerprint density at radius 2 is 2.42 bits per heavy atom. The highest BCUT2D eigenvalue weighted by molar-refractivity contribution is 14.1. The molecule has 0 bridgehead atoms. The molecular formula is C9H10INO. The molecule has 0 spiro atoms. The number of nitrogens with zero attached hydrogens (tertiary/aromatic N) is 1. The number of hydrogen-bond acceptors (Lipinski definition) is 2. The highest BCUT2D eigenvalue weighted by Crippen LogP contribution is 2.05. The molecule has 0 aliphatic carbocycles. The molecule has 0 aliphatic heterocycles. The molecule has 12 heavy (non-hydrogen) atoms. The van der Waals surface area contributed by atoms with Crippen molar-refractivity contribution in [2.24, 2.45) is 0 Å². The highest BCUT2D eigenvalue weighted by Gasteiger charge is 1.96. The maximum atomic E-state index is 10.6. The van der Waals surface area contributed by atoms with Gasteiger partial charge in [0.1, 0.15) is 0 Å². The van der Waals surface area contributed by atoms with Crippen LogP contribution in [0.1, 0.15) is 18.4 Å². The van der Waals surface area contributed by atoms with Crippen LogP contribution in [0.5, 0.6) is 0 Å². The normalized spacial score (nSPS) is 9.75. The van der Waals surface area contributed by atoms with E-state index in [0.29, 0.717) is 6.42 Å². The molecule has 3 heteroatoms. The average Bonchev–Trinajstić information content (AvgIpc) is 2.05. The zero-order chi connectivity index (χ0) is 8.81. The maximum absolute atomic E-state index is 10.6. The van der Waals surface area contributed by atoms with Crippen LogP contribution >= 0.6 is 22.6 Å². The van der Waals surface area contributed by atoms with E-state index in [4.69, 9.17) is 0 Å². The Labute approximate surface area is 85.5 Å². The van der Waals surface area contributed by atoms with Gasteiger partial charge in [-0.15, -0.1) is 0 Å². The molecule has 0 saturated heterocycles. The number of halogens is 1.